The van der Waals surface area contributed by atoms with Crippen molar-refractivity contribution in [2.75, 3.05) is 0 Å². The third-order valence-corrected chi connectivity index (χ3v) is 5.99. The fraction of sp³-hybridized carbons (Fsp3) is 0.294. The lowest BCUT2D eigenvalue weighted by molar-refractivity contribution is 0.218. The normalized spacial score (nSPS) is 12.6. The molecule has 2 aromatic rings. The number of hydrogen-bond acceptors (Lipinski definition) is 1. The number of rotatable bonds is 6. The summed E-state index contributed by atoms with van der Waals surface area (Å²) in [5.74, 6) is 0. The standard InChI is InChI=1S/C17H22OSi/c1-3-10-15(2)18-19(16-11-6-4-7-12-16)17-13-8-5-9-14-17/h4-9,11-15,19H,3,10H2,1-2H3. The van der Waals surface area contributed by atoms with Gasteiger partial charge in [-0.2, -0.15) is 0 Å². The van der Waals surface area contributed by atoms with Crippen molar-refractivity contribution >= 4 is 19.4 Å². The van der Waals surface area contributed by atoms with Crippen molar-refractivity contribution in [2.24, 2.45) is 0 Å². The lowest BCUT2D eigenvalue weighted by atomic mass is 10.2. The molecule has 0 amide bonds. The van der Waals surface area contributed by atoms with Crippen LogP contribution in [-0.2, 0) is 4.43 Å². The van der Waals surface area contributed by atoms with E-state index in [2.05, 4.69) is 74.5 Å². The van der Waals surface area contributed by atoms with Crippen molar-refractivity contribution in [2.45, 2.75) is 32.8 Å². The summed E-state index contributed by atoms with van der Waals surface area (Å²) in [6, 6.07) is 21.3. The predicted molar refractivity (Wildman–Crippen MR) is 84.8 cm³/mol. The van der Waals surface area contributed by atoms with E-state index in [9.17, 15) is 0 Å². The Morgan fingerprint density at radius 1 is 0.895 bits per heavy atom. The van der Waals surface area contributed by atoms with Crippen LogP contribution in [0.15, 0.2) is 60.7 Å². The maximum Gasteiger partial charge on any atom is 0.240 e. The van der Waals surface area contributed by atoms with E-state index in [1.54, 1.807) is 0 Å². The van der Waals surface area contributed by atoms with E-state index in [-0.39, 0.29) is 0 Å². The minimum atomic E-state index is -1.54. The first-order valence-electron chi connectivity index (χ1n) is 7.06. The second-order valence-electron chi connectivity index (χ2n) is 4.94. The summed E-state index contributed by atoms with van der Waals surface area (Å²) in [7, 11) is -1.54. The summed E-state index contributed by atoms with van der Waals surface area (Å²) in [5, 5.41) is 2.72. The quantitative estimate of drug-likeness (QED) is 0.733. The van der Waals surface area contributed by atoms with Gasteiger partial charge >= 0.3 is 0 Å². The Morgan fingerprint density at radius 2 is 1.37 bits per heavy atom. The molecule has 0 radical (unpaired) electrons. The van der Waals surface area contributed by atoms with Gasteiger partial charge in [0, 0.05) is 6.10 Å². The Morgan fingerprint density at radius 3 is 1.79 bits per heavy atom. The van der Waals surface area contributed by atoms with Crippen LogP contribution in [0.3, 0.4) is 0 Å². The van der Waals surface area contributed by atoms with Gasteiger partial charge < -0.3 is 4.43 Å². The highest BCUT2D eigenvalue weighted by Gasteiger charge is 2.19. The van der Waals surface area contributed by atoms with Crippen molar-refractivity contribution in [3.8, 4) is 0 Å². The molecular weight excluding hydrogens is 248 g/mol. The third-order valence-electron chi connectivity index (χ3n) is 3.27. The molecule has 0 aliphatic carbocycles. The molecule has 0 aliphatic rings. The van der Waals surface area contributed by atoms with Crippen LogP contribution in [0.2, 0.25) is 0 Å². The van der Waals surface area contributed by atoms with E-state index in [4.69, 9.17) is 4.43 Å². The van der Waals surface area contributed by atoms with Crippen LogP contribution >= 0.6 is 0 Å². The van der Waals surface area contributed by atoms with Crippen molar-refractivity contribution in [1.82, 2.24) is 0 Å². The minimum Gasteiger partial charge on any atom is -0.408 e. The Balaban J connectivity index is 2.24. The molecule has 2 heteroatoms. The van der Waals surface area contributed by atoms with Gasteiger partial charge in [0.05, 0.1) is 0 Å². The molecule has 0 bridgehead atoms. The summed E-state index contributed by atoms with van der Waals surface area (Å²) in [5.41, 5.74) is 0. The maximum absolute atomic E-state index is 6.40. The largest absolute Gasteiger partial charge is 0.408 e. The van der Waals surface area contributed by atoms with E-state index < -0.39 is 9.04 Å². The predicted octanol–water partition coefficient (Wildman–Crippen LogP) is 2.73. The molecule has 0 saturated heterocycles. The molecule has 0 fully saturated rings. The highest BCUT2D eigenvalue weighted by atomic mass is 28.3. The zero-order valence-electron chi connectivity index (χ0n) is 11.8. The summed E-state index contributed by atoms with van der Waals surface area (Å²) in [4.78, 5) is 0. The van der Waals surface area contributed by atoms with Crippen LogP contribution in [0, 0.1) is 0 Å². The summed E-state index contributed by atoms with van der Waals surface area (Å²) >= 11 is 0. The first kappa shape index (κ1) is 14.0. The van der Waals surface area contributed by atoms with Gasteiger partial charge in [0.1, 0.15) is 0 Å². The van der Waals surface area contributed by atoms with Crippen molar-refractivity contribution in [3.05, 3.63) is 60.7 Å². The first-order chi connectivity index (χ1) is 9.31. The van der Waals surface area contributed by atoms with Gasteiger partial charge in [-0.05, 0) is 23.7 Å². The smallest absolute Gasteiger partial charge is 0.240 e. The van der Waals surface area contributed by atoms with Crippen LogP contribution < -0.4 is 10.4 Å². The Kier molecular flexibility index (Phi) is 5.37. The Labute approximate surface area is 118 Å². The molecule has 100 valence electrons. The highest BCUT2D eigenvalue weighted by Crippen LogP contribution is 2.04. The van der Waals surface area contributed by atoms with E-state index in [0.29, 0.717) is 6.10 Å². The molecule has 1 nitrogen and oxygen atoms in total. The minimum absolute atomic E-state index is 0.335. The Bertz CT molecular complexity index is 430. The second-order valence-corrected chi connectivity index (χ2v) is 7.30. The molecule has 0 aliphatic heterocycles. The van der Waals surface area contributed by atoms with Crippen LogP contribution in [0.1, 0.15) is 26.7 Å². The summed E-state index contributed by atoms with van der Waals surface area (Å²) in [6.45, 7) is 4.40. The van der Waals surface area contributed by atoms with Gasteiger partial charge in [0.2, 0.25) is 9.04 Å². The molecular formula is C17H22OSi. The summed E-state index contributed by atoms with van der Waals surface area (Å²) < 4.78 is 6.40. The average molecular weight is 270 g/mol. The first-order valence-corrected chi connectivity index (χ1v) is 8.69. The highest BCUT2D eigenvalue weighted by molar-refractivity contribution is 6.80. The van der Waals surface area contributed by atoms with Crippen LogP contribution in [0.25, 0.3) is 0 Å². The molecule has 2 rings (SSSR count). The zero-order chi connectivity index (χ0) is 13.5. The molecule has 0 spiro atoms. The summed E-state index contributed by atoms with van der Waals surface area (Å²) in [6.07, 6.45) is 2.64. The van der Waals surface area contributed by atoms with E-state index in [1.165, 1.54) is 16.8 Å². The lowest BCUT2D eigenvalue weighted by Crippen LogP contribution is -2.46. The number of benzene rings is 2. The van der Waals surface area contributed by atoms with Crippen LogP contribution in [-0.4, -0.2) is 15.1 Å². The molecule has 0 aromatic heterocycles. The fourth-order valence-corrected chi connectivity index (χ4v) is 4.76. The third kappa shape index (κ3) is 4.05. The monoisotopic (exact) mass is 270 g/mol. The van der Waals surface area contributed by atoms with Crippen LogP contribution in [0.4, 0.5) is 0 Å². The van der Waals surface area contributed by atoms with Crippen molar-refractivity contribution in [1.29, 1.82) is 0 Å². The van der Waals surface area contributed by atoms with E-state index in [0.717, 1.165) is 6.42 Å². The van der Waals surface area contributed by atoms with Gasteiger partial charge in [-0.15, -0.1) is 0 Å². The van der Waals surface area contributed by atoms with E-state index >= 15 is 0 Å². The number of hydrogen-bond donors (Lipinski definition) is 0. The molecule has 1 unspecified atom stereocenters. The molecule has 2 aromatic carbocycles. The lowest BCUT2D eigenvalue weighted by Gasteiger charge is -2.22. The fourth-order valence-electron chi connectivity index (χ4n) is 2.31. The molecule has 1 atom stereocenters. The van der Waals surface area contributed by atoms with E-state index in [1.807, 2.05) is 0 Å². The molecule has 19 heavy (non-hydrogen) atoms. The van der Waals surface area contributed by atoms with Crippen molar-refractivity contribution in [3.63, 3.8) is 0 Å². The van der Waals surface area contributed by atoms with Gasteiger partial charge in [-0.25, -0.2) is 0 Å². The zero-order valence-corrected chi connectivity index (χ0v) is 12.9. The maximum atomic E-state index is 6.40. The van der Waals surface area contributed by atoms with Gasteiger partial charge in [0.15, 0.2) is 0 Å². The van der Waals surface area contributed by atoms with Crippen LogP contribution in [0.5, 0.6) is 0 Å². The molecule has 0 saturated carbocycles. The van der Waals surface area contributed by atoms with Crippen molar-refractivity contribution < 1.29 is 4.43 Å². The van der Waals surface area contributed by atoms with Gasteiger partial charge in [-0.3, -0.25) is 0 Å². The SMILES string of the molecule is CCCC(C)O[SiH](c1ccccc1)c1ccccc1. The second kappa shape index (κ2) is 7.27. The van der Waals surface area contributed by atoms with Gasteiger partial charge in [-0.1, -0.05) is 74.0 Å². The molecule has 0 heterocycles. The Hall–Kier alpha value is -1.38. The van der Waals surface area contributed by atoms with Gasteiger partial charge in [0.25, 0.3) is 0 Å². The molecule has 0 N–H and O–H groups in total. The average Bonchev–Trinajstić information content (AvgIpc) is 2.47. The topological polar surface area (TPSA) is 9.23 Å².